The Bertz CT molecular complexity index is 413. The third-order valence-electron chi connectivity index (χ3n) is 2.26. The van der Waals surface area contributed by atoms with Gasteiger partial charge in [-0.2, -0.15) is 8.78 Å². The van der Waals surface area contributed by atoms with Crippen LogP contribution < -0.4 is 4.74 Å². The van der Waals surface area contributed by atoms with E-state index in [1.54, 1.807) is 0 Å². The summed E-state index contributed by atoms with van der Waals surface area (Å²) < 4.78 is 31.4. The molecule has 1 atom stereocenters. The molecule has 94 valence electrons. The Hall–Kier alpha value is -1.02. The van der Waals surface area contributed by atoms with E-state index in [-0.39, 0.29) is 18.0 Å². The highest BCUT2D eigenvalue weighted by Crippen LogP contribution is 2.36. The van der Waals surface area contributed by atoms with E-state index in [2.05, 4.69) is 0 Å². The van der Waals surface area contributed by atoms with Crippen molar-refractivity contribution in [2.24, 2.45) is 0 Å². The van der Waals surface area contributed by atoms with Gasteiger partial charge in [-0.1, -0.05) is 16.2 Å². The van der Waals surface area contributed by atoms with Gasteiger partial charge < -0.3 is 4.74 Å². The van der Waals surface area contributed by atoms with Crippen LogP contribution in [0.25, 0.3) is 0 Å². The van der Waals surface area contributed by atoms with Crippen LogP contribution in [0, 0.1) is 0 Å². The molecule has 17 heavy (non-hydrogen) atoms. The number of Topliss-reactive ketones (excluding diaryl/α,β-unsaturated/α-hetero) is 1. The maximum Gasteiger partial charge on any atom is 0.283 e. The first-order valence-electron chi connectivity index (χ1n) is 5.27. The van der Waals surface area contributed by atoms with Gasteiger partial charge in [-0.05, 0) is 37.1 Å². The molecule has 0 N–H and O–H groups in total. The topological polar surface area (TPSA) is 26.3 Å². The van der Waals surface area contributed by atoms with Gasteiger partial charge in [-0.3, -0.25) is 4.79 Å². The van der Waals surface area contributed by atoms with Crippen LogP contribution in [-0.4, -0.2) is 12.4 Å². The highest BCUT2D eigenvalue weighted by atomic mass is 31.0. The molecule has 2 nitrogen and oxygen atoms in total. The largest absolute Gasteiger partial charge is 0.486 e. The molecule has 0 amide bonds. The molecule has 5 heteroatoms. The number of aryl methyl sites for hydroxylation is 1. The average Bonchev–Trinajstić information content (AvgIpc) is 2.24. The van der Waals surface area contributed by atoms with Gasteiger partial charge in [-0.15, -0.1) is 0 Å². The zero-order chi connectivity index (χ0) is 13.1. The van der Waals surface area contributed by atoms with E-state index in [1.807, 2.05) is 6.92 Å². The quantitative estimate of drug-likeness (QED) is 0.760. The lowest BCUT2D eigenvalue weighted by molar-refractivity contribution is -0.118. The Morgan fingerprint density at radius 3 is 2.59 bits per heavy atom. The molecule has 0 heterocycles. The van der Waals surface area contributed by atoms with E-state index in [1.165, 1.54) is 34.4 Å². The summed E-state index contributed by atoms with van der Waals surface area (Å²) in [5.74, 6) is 0.383. The minimum Gasteiger partial charge on any atom is -0.486 e. The molecule has 0 aromatic heterocycles. The molecule has 0 aliphatic heterocycles. The lowest BCUT2D eigenvalue weighted by Crippen LogP contribution is -2.09. The Balaban J connectivity index is 2.97. The molecule has 1 rings (SSSR count). The Kier molecular flexibility index (Phi) is 4.58. The summed E-state index contributed by atoms with van der Waals surface area (Å²) in [6.07, 6.45) is 0.571. The molecular formula is C12H15F2O2P. The number of rotatable bonds is 5. The second-order valence-electron chi connectivity index (χ2n) is 3.79. The molecule has 0 radical (unpaired) electrons. The molecule has 0 saturated carbocycles. The van der Waals surface area contributed by atoms with E-state index in [0.29, 0.717) is 17.7 Å². The highest BCUT2D eigenvalue weighted by Gasteiger charge is 2.25. The number of ether oxygens (including phenoxy) is 1. The monoisotopic (exact) mass is 260 g/mol. The molecule has 0 spiro atoms. The van der Waals surface area contributed by atoms with Crippen LogP contribution in [0.3, 0.4) is 0 Å². The van der Waals surface area contributed by atoms with Crippen LogP contribution in [0.1, 0.15) is 25.0 Å². The van der Waals surface area contributed by atoms with Crippen LogP contribution in [0.5, 0.6) is 5.75 Å². The van der Waals surface area contributed by atoms with Crippen molar-refractivity contribution in [1.82, 2.24) is 0 Å². The van der Waals surface area contributed by atoms with E-state index >= 15 is 0 Å². The van der Waals surface area contributed by atoms with E-state index in [0.717, 1.165) is 0 Å². The van der Waals surface area contributed by atoms with Crippen molar-refractivity contribution in [3.05, 3.63) is 29.3 Å². The molecule has 1 aromatic carbocycles. The molecule has 0 fully saturated rings. The number of halogens is 2. The molecule has 0 saturated heterocycles. The number of alkyl halides is 2. The first kappa shape index (κ1) is 14.0. The number of carbonyl (C=O) groups excluding carboxylic acids is 1. The van der Waals surface area contributed by atoms with Crippen LogP contribution in [0.2, 0.25) is 0 Å². The fourth-order valence-electron chi connectivity index (χ4n) is 1.38. The minimum absolute atomic E-state index is 0.0381. The Labute approximate surface area is 102 Å². The zero-order valence-corrected chi connectivity index (χ0v) is 11.0. The maximum atomic E-state index is 13.1. The van der Waals surface area contributed by atoms with Gasteiger partial charge in [0.05, 0.1) is 0 Å². The van der Waals surface area contributed by atoms with Gasteiger partial charge in [0, 0.05) is 5.56 Å². The van der Waals surface area contributed by atoms with E-state index in [4.69, 9.17) is 4.74 Å². The predicted octanol–water partition coefficient (Wildman–Crippen LogP) is 3.14. The van der Waals surface area contributed by atoms with Crippen LogP contribution in [0.15, 0.2) is 18.2 Å². The fraction of sp³-hybridized carbons (Fsp3) is 0.417. The second kappa shape index (κ2) is 5.54. The summed E-state index contributed by atoms with van der Waals surface area (Å²) in [7, 11) is 1.50. The summed E-state index contributed by atoms with van der Waals surface area (Å²) in [5, 5.41) is 0. The Morgan fingerprint density at radius 1 is 1.47 bits per heavy atom. The maximum absolute atomic E-state index is 13.1. The summed E-state index contributed by atoms with van der Waals surface area (Å²) in [4.78, 5) is 10.8. The van der Waals surface area contributed by atoms with Crippen LogP contribution >= 0.6 is 9.24 Å². The summed E-state index contributed by atoms with van der Waals surface area (Å²) in [6.45, 7) is 3.22. The molecular weight excluding hydrogens is 245 g/mol. The standard InChI is InChI=1S/C12H15F2O2P/c1-3-9-6-10(12(13,14)17)4-5-11(9)16-7-8(2)15/h4-6H,3,7,17H2,1-2H3. The molecule has 1 aromatic rings. The van der Waals surface area contributed by atoms with Gasteiger partial charge in [-0.25, -0.2) is 0 Å². The van der Waals surface area contributed by atoms with Crippen molar-refractivity contribution in [3.63, 3.8) is 0 Å². The predicted molar refractivity (Wildman–Crippen MR) is 65.6 cm³/mol. The molecule has 1 unspecified atom stereocenters. The van der Waals surface area contributed by atoms with Gasteiger partial charge in [0.1, 0.15) is 12.4 Å². The third-order valence-corrected chi connectivity index (χ3v) is 2.59. The third kappa shape index (κ3) is 4.04. The number of carbonyl (C=O) groups is 1. The lowest BCUT2D eigenvalue weighted by Gasteiger charge is -2.14. The van der Waals surface area contributed by atoms with E-state index < -0.39 is 5.66 Å². The van der Waals surface area contributed by atoms with Gasteiger partial charge >= 0.3 is 0 Å². The number of benzene rings is 1. The average molecular weight is 260 g/mol. The minimum atomic E-state index is -2.94. The van der Waals surface area contributed by atoms with Gasteiger partial charge in [0.15, 0.2) is 5.78 Å². The second-order valence-corrected chi connectivity index (χ2v) is 4.51. The van der Waals surface area contributed by atoms with Crippen molar-refractivity contribution in [1.29, 1.82) is 0 Å². The van der Waals surface area contributed by atoms with Crippen LogP contribution in [-0.2, 0) is 16.9 Å². The van der Waals surface area contributed by atoms with Crippen molar-refractivity contribution < 1.29 is 18.3 Å². The lowest BCUT2D eigenvalue weighted by atomic mass is 10.1. The van der Waals surface area contributed by atoms with Gasteiger partial charge in [0.2, 0.25) is 0 Å². The first-order chi connectivity index (χ1) is 7.84. The smallest absolute Gasteiger partial charge is 0.283 e. The van der Waals surface area contributed by atoms with Crippen molar-refractivity contribution in [2.45, 2.75) is 25.9 Å². The summed E-state index contributed by atoms with van der Waals surface area (Å²) in [5.41, 5.74) is -2.34. The van der Waals surface area contributed by atoms with E-state index in [9.17, 15) is 13.6 Å². The molecule has 0 aliphatic rings. The number of hydrogen-bond acceptors (Lipinski definition) is 2. The fourth-order valence-corrected chi connectivity index (χ4v) is 1.56. The van der Waals surface area contributed by atoms with Gasteiger partial charge in [0.25, 0.3) is 5.66 Å². The molecule has 0 aliphatic carbocycles. The molecule has 0 bridgehead atoms. The normalized spacial score (nSPS) is 11.4. The first-order valence-corrected chi connectivity index (χ1v) is 5.84. The van der Waals surface area contributed by atoms with Crippen molar-refractivity contribution in [3.8, 4) is 5.75 Å². The highest BCUT2D eigenvalue weighted by molar-refractivity contribution is 7.17. The zero-order valence-electron chi connectivity index (χ0n) is 9.80. The number of hydrogen-bond donors (Lipinski definition) is 0. The van der Waals surface area contributed by atoms with Crippen LogP contribution in [0.4, 0.5) is 8.78 Å². The van der Waals surface area contributed by atoms with Crippen molar-refractivity contribution in [2.75, 3.05) is 6.61 Å². The summed E-state index contributed by atoms with van der Waals surface area (Å²) >= 11 is 0. The number of ketones is 1. The SMILES string of the molecule is CCc1cc(C(F)(F)P)ccc1OCC(C)=O. The Morgan fingerprint density at radius 2 is 2.12 bits per heavy atom. The summed E-state index contributed by atoms with van der Waals surface area (Å²) in [6, 6.07) is 4.19. The van der Waals surface area contributed by atoms with Crippen molar-refractivity contribution >= 4 is 15.0 Å².